The molecule has 1 aliphatic rings. The third-order valence-corrected chi connectivity index (χ3v) is 4.03. The van der Waals surface area contributed by atoms with E-state index >= 15 is 0 Å². The third-order valence-electron chi connectivity index (χ3n) is 4.03. The second kappa shape index (κ2) is 7.89. The number of nitrogens with one attached hydrogen (secondary N) is 1. The highest BCUT2D eigenvalue weighted by Crippen LogP contribution is 2.32. The molecule has 0 atom stereocenters. The van der Waals surface area contributed by atoms with Crippen molar-refractivity contribution in [2.75, 3.05) is 22.5 Å². The van der Waals surface area contributed by atoms with Crippen molar-refractivity contribution in [1.29, 1.82) is 0 Å². The number of carbonyl (C=O) groups excluding carboxylic acids is 1. The van der Waals surface area contributed by atoms with E-state index in [2.05, 4.69) is 27.2 Å². The molecule has 0 bridgehead atoms. The summed E-state index contributed by atoms with van der Waals surface area (Å²) in [5.74, 6) is 1.43. The number of pyridine rings is 1. The Hall–Kier alpha value is -2.74. The van der Waals surface area contributed by atoms with Gasteiger partial charge in [0.05, 0.1) is 13.0 Å². The minimum atomic E-state index is -0.0164. The molecule has 0 aliphatic carbocycles. The van der Waals surface area contributed by atoms with Crippen molar-refractivity contribution in [3.8, 4) is 0 Å². The zero-order valence-corrected chi connectivity index (χ0v) is 14.7. The van der Waals surface area contributed by atoms with E-state index < -0.39 is 0 Å². The number of fused-ring (bicyclic) bond motifs is 1. The summed E-state index contributed by atoms with van der Waals surface area (Å²) < 4.78 is 0. The molecule has 0 radical (unpaired) electrons. The van der Waals surface area contributed by atoms with Crippen molar-refractivity contribution in [3.05, 3.63) is 35.2 Å². The number of nitrogens with two attached hydrogens (primary N) is 1. The van der Waals surface area contributed by atoms with Crippen LogP contribution in [0.3, 0.4) is 0 Å². The van der Waals surface area contributed by atoms with E-state index in [9.17, 15) is 4.79 Å². The number of nitrogens with zero attached hydrogens (tertiary/aromatic N) is 4. The Balaban J connectivity index is 0.00000225. The summed E-state index contributed by atoms with van der Waals surface area (Å²) in [5.41, 5.74) is 8.64. The smallest absolute Gasteiger partial charge is 0.233 e. The van der Waals surface area contributed by atoms with E-state index in [1.807, 2.05) is 19.1 Å². The van der Waals surface area contributed by atoms with Crippen LogP contribution in [0.15, 0.2) is 18.3 Å². The zero-order valence-electron chi connectivity index (χ0n) is 14.7. The van der Waals surface area contributed by atoms with Gasteiger partial charge in [0.25, 0.3) is 0 Å². The molecular formula is C17H25N7O. The summed E-state index contributed by atoms with van der Waals surface area (Å²) in [7, 11) is 0. The average molecular weight is 343 g/mol. The number of hydrogen-bond acceptors (Lipinski definition) is 7. The van der Waals surface area contributed by atoms with Gasteiger partial charge in [-0.1, -0.05) is 19.4 Å². The van der Waals surface area contributed by atoms with Gasteiger partial charge < -0.3 is 17.2 Å². The van der Waals surface area contributed by atoms with Gasteiger partial charge in [-0.15, -0.1) is 0 Å². The minimum absolute atomic E-state index is 0. The predicted molar refractivity (Wildman–Crippen MR) is 98.7 cm³/mol. The number of anilines is 3. The Morgan fingerprint density at radius 1 is 1.32 bits per heavy atom. The van der Waals surface area contributed by atoms with E-state index in [0.29, 0.717) is 29.7 Å². The second-order valence-electron chi connectivity index (χ2n) is 5.98. The van der Waals surface area contributed by atoms with E-state index in [4.69, 9.17) is 5.73 Å². The summed E-state index contributed by atoms with van der Waals surface area (Å²) in [5, 5.41) is 3.17. The first-order valence-electron chi connectivity index (χ1n) is 8.20. The van der Waals surface area contributed by atoms with Gasteiger partial charge in [-0.05, 0) is 25.0 Å². The molecule has 8 nitrogen and oxygen atoms in total. The fraction of sp³-hybridized carbons (Fsp3) is 0.412. The Morgan fingerprint density at radius 2 is 2.12 bits per heavy atom. The van der Waals surface area contributed by atoms with Gasteiger partial charge in [-0.3, -0.25) is 14.7 Å². The van der Waals surface area contributed by atoms with Crippen LogP contribution in [0.5, 0.6) is 0 Å². The van der Waals surface area contributed by atoms with Crippen molar-refractivity contribution >= 4 is 23.5 Å². The molecule has 25 heavy (non-hydrogen) atoms. The van der Waals surface area contributed by atoms with Crippen LogP contribution in [0.25, 0.3) is 0 Å². The maximum absolute atomic E-state index is 12.4. The molecule has 134 valence electrons. The highest BCUT2D eigenvalue weighted by atomic mass is 16.2. The summed E-state index contributed by atoms with van der Waals surface area (Å²) in [4.78, 5) is 27.1. The number of aromatic nitrogens is 3. The standard InChI is InChI=1S/C17H22N6O.H3N/c1-3-4-7-19-17-21-15(18)13-8-14(24)23(16(13)22-17)10-12-6-5-11(2)20-9-12;/h5-6,9H,3-4,7-8,10H2,1-2H3,(H3,18,19,21,22);1H3. The molecule has 1 aliphatic heterocycles. The SMILES string of the molecule is CCCCNc1nc(N)c2c(n1)N(Cc1ccc(C)nc1)C(=O)C2.N. The molecule has 3 rings (SSSR count). The summed E-state index contributed by atoms with van der Waals surface area (Å²) in [6.45, 7) is 5.27. The number of unbranched alkanes of at least 4 members (excludes halogenated alkanes) is 1. The van der Waals surface area contributed by atoms with Crippen LogP contribution >= 0.6 is 0 Å². The average Bonchev–Trinajstić information content (AvgIpc) is 2.87. The van der Waals surface area contributed by atoms with Crippen LogP contribution in [-0.4, -0.2) is 27.4 Å². The van der Waals surface area contributed by atoms with E-state index in [1.54, 1.807) is 11.1 Å². The largest absolute Gasteiger partial charge is 0.383 e. The van der Waals surface area contributed by atoms with Gasteiger partial charge in [-0.25, -0.2) is 0 Å². The van der Waals surface area contributed by atoms with Crippen LogP contribution in [0.2, 0.25) is 0 Å². The highest BCUT2D eigenvalue weighted by Gasteiger charge is 2.32. The maximum atomic E-state index is 12.4. The van der Waals surface area contributed by atoms with Gasteiger partial charge in [-0.2, -0.15) is 9.97 Å². The van der Waals surface area contributed by atoms with Crippen LogP contribution in [-0.2, 0) is 17.8 Å². The quantitative estimate of drug-likeness (QED) is 0.685. The summed E-state index contributed by atoms with van der Waals surface area (Å²) in [6, 6.07) is 3.90. The fourth-order valence-corrected chi connectivity index (χ4v) is 2.64. The number of hydrogen-bond donors (Lipinski definition) is 3. The molecule has 0 saturated carbocycles. The fourth-order valence-electron chi connectivity index (χ4n) is 2.64. The number of carbonyl (C=O) groups is 1. The lowest BCUT2D eigenvalue weighted by Crippen LogP contribution is -2.27. The third kappa shape index (κ3) is 4.03. The zero-order chi connectivity index (χ0) is 17.1. The molecular weight excluding hydrogens is 318 g/mol. The Bertz CT molecular complexity index is 745. The Labute approximate surface area is 147 Å². The molecule has 0 spiro atoms. The first-order chi connectivity index (χ1) is 11.6. The van der Waals surface area contributed by atoms with Crippen LogP contribution in [0, 0.1) is 6.92 Å². The molecule has 2 aromatic heterocycles. The molecule has 8 heteroatoms. The molecule has 3 heterocycles. The van der Waals surface area contributed by atoms with Crippen LogP contribution in [0.4, 0.5) is 17.6 Å². The van der Waals surface area contributed by atoms with Crippen LogP contribution < -0.4 is 22.1 Å². The lowest BCUT2D eigenvalue weighted by atomic mass is 10.2. The van der Waals surface area contributed by atoms with Crippen molar-refractivity contribution in [3.63, 3.8) is 0 Å². The molecule has 1 amide bonds. The van der Waals surface area contributed by atoms with E-state index in [0.717, 1.165) is 30.6 Å². The summed E-state index contributed by atoms with van der Waals surface area (Å²) >= 11 is 0. The van der Waals surface area contributed by atoms with Crippen molar-refractivity contribution in [2.24, 2.45) is 0 Å². The van der Waals surface area contributed by atoms with Crippen LogP contribution in [0.1, 0.15) is 36.6 Å². The van der Waals surface area contributed by atoms with E-state index in [1.165, 1.54) is 0 Å². The van der Waals surface area contributed by atoms with Gasteiger partial charge in [0.1, 0.15) is 11.6 Å². The van der Waals surface area contributed by atoms with Crippen molar-refractivity contribution in [2.45, 2.75) is 39.7 Å². The van der Waals surface area contributed by atoms with Gasteiger partial charge in [0.15, 0.2) is 0 Å². The molecule has 2 aromatic rings. The minimum Gasteiger partial charge on any atom is -0.383 e. The molecule has 6 N–H and O–H groups in total. The first kappa shape index (κ1) is 18.6. The maximum Gasteiger partial charge on any atom is 0.233 e. The second-order valence-corrected chi connectivity index (χ2v) is 5.98. The first-order valence-corrected chi connectivity index (χ1v) is 8.20. The monoisotopic (exact) mass is 343 g/mol. The number of amides is 1. The highest BCUT2D eigenvalue weighted by molar-refractivity contribution is 6.01. The lowest BCUT2D eigenvalue weighted by molar-refractivity contribution is -0.117. The van der Waals surface area contributed by atoms with Gasteiger partial charge in [0, 0.05) is 24.0 Å². The lowest BCUT2D eigenvalue weighted by Gasteiger charge is -2.17. The Morgan fingerprint density at radius 3 is 2.80 bits per heavy atom. The topological polar surface area (TPSA) is 132 Å². The van der Waals surface area contributed by atoms with E-state index in [-0.39, 0.29) is 18.5 Å². The molecule has 0 aromatic carbocycles. The van der Waals surface area contributed by atoms with Gasteiger partial charge >= 0.3 is 0 Å². The van der Waals surface area contributed by atoms with Crippen molar-refractivity contribution < 1.29 is 4.79 Å². The molecule has 0 unspecified atom stereocenters. The number of nitrogen functional groups attached to an aromatic ring is 1. The predicted octanol–water partition coefficient (Wildman–Crippen LogP) is 2.23. The summed E-state index contributed by atoms with van der Waals surface area (Å²) in [6.07, 6.45) is 4.14. The van der Waals surface area contributed by atoms with Gasteiger partial charge in [0.2, 0.25) is 11.9 Å². The number of rotatable bonds is 6. The number of aryl methyl sites for hydroxylation is 1. The molecule has 0 fully saturated rings. The molecule has 0 saturated heterocycles. The van der Waals surface area contributed by atoms with Crippen molar-refractivity contribution in [1.82, 2.24) is 21.1 Å². The Kier molecular flexibility index (Phi) is 5.87. The normalized spacial score (nSPS) is 12.7.